The van der Waals surface area contributed by atoms with Crippen LogP contribution in [-0.4, -0.2) is 201 Å². The normalized spacial score (nSPS) is 22.0. The number of quaternary nitrogens is 3. The number of benzene rings is 7. The molecule has 3 saturated heterocycles. The molecule has 3 saturated carbocycles. The number of hydrogen-bond donors (Lipinski definition) is 3. The van der Waals surface area contributed by atoms with Crippen LogP contribution in [0.1, 0.15) is 138 Å². The van der Waals surface area contributed by atoms with E-state index in [1.165, 1.54) is 35.4 Å². The molecule has 7 aromatic carbocycles. The van der Waals surface area contributed by atoms with Gasteiger partial charge >= 0.3 is 42.6 Å². The molecule has 0 aromatic heterocycles. The highest BCUT2D eigenvalue weighted by atomic mass is 19.4. The zero-order valence-electron chi connectivity index (χ0n) is 71.7. The number of aliphatic carboxylic acids is 3. The van der Waals surface area contributed by atoms with Gasteiger partial charge in [-0.05, 0) is 109 Å². The monoisotopic (exact) mass is 1830 g/mol. The molecule has 9 atom stereocenters. The first-order chi connectivity index (χ1) is 60.7. The minimum atomic E-state index is -5.19. The van der Waals surface area contributed by atoms with Crippen LogP contribution in [0, 0.1) is 29.4 Å². The van der Waals surface area contributed by atoms with E-state index in [0.29, 0.717) is 77.8 Å². The van der Waals surface area contributed by atoms with Gasteiger partial charge in [-0.3, -0.25) is 0 Å². The molecule has 7 aromatic rings. The van der Waals surface area contributed by atoms with E-state index >= 15 is 0 Å². The van der Waals surface area contributed by atoms with E-state index < -0.39 is 94.5 Å². The molecule has 3 heterocycles. The summed E-state index contributed by atoms with van der Waals surface area (Å²) in [4.78, 5) is 66.5. The number of carboxylic acids is 3. The third kappa shape index (κ3) is 30.6. The Labute approximate surface area is 738 Å². The summed E-state index contributed by atoms with van der Waals surface area (Å²) in [6, 6.07) is 54.4. The molecule has 0 amide bonds. The number of aliphatic hydroxyl groups is 3. The standard InChI is InChI=1S/C33H40NO4.C28H35F3NO4.C27H34F2NO4.3C2HF3O2/c1-34(22-10-24-37-30-19-17-27(18-20-30)26-11-4-2-5-12-26)23-21-31(25-34)38-32(35)33(36,29-15-8-9-16-29)28-13-6-3-7-14-28;1-32(16-8-18-35-24-14-7-13-23(19-24)28(29,30)31)17-15-25(20-32)36-26(33)27(34,22-11-5-6-12-22)21-9-3-2-4-10-21;1-30(15-7-17-33-25-13-12-22(28)18-24(25)29)16-14-23(19-30)34-26(31)27(32,21-10-5-6-11-21)20-8-3-2-4-9-20;3*3-2(4,5)1(6)7/h2-7,11-14,17-20,29,31,36H,8-10,15-16,21-25H2,1H3;2-4,7,9-10,13-14,19,22,25,34H,5-6,8,11-12,15-18,20H2,1H3;2-4,8-9,12-13,18,21,23,32H,5-7,10-11,14-17,19H2,1H3;3*(H,6,7)/q3*+1;;;/p-3. The van der Waals surface area contributed by atoms with Crippen molar-refractivity contribution in [1.82, 2.24) is 0 Å². The van der Waals surface area contributed by atoms with Crippen molar-refractivity contribution in [3.63, 3.8) is 0 Å². The number of likely N-dealkylation sites (tertiary alicyclic amines) is 3. The van der Waals surface area contributed by atoms with Gasteiger partial charge in [0.2, 0.25) is 0 Å². The van der Waals surface area contributed by atoms with Gasteiger partial charge in [-0.1, -0.05) is 178 Å². The number of carboxylic acid groups (broad SMARTS) is 3. The lowest BCUT2D eigenvalue weighted by Crippen LogP contribution is -2.47. The number of esters is 3. The van der Waals surface area contributed by atoms with Gasteiger partial charge in [0, 0.05) is 62.3 Å². The average molecular weight is 1830 g/mol. The Morgan fingerprint density at radius 2 is 0.651 bits per heavy atom. The summed E-state index contributed by atoms with van der Waals surface area (Å²) in [5.41, 5.74) is -1.31. The predicted molar refractivity (Wildman–Crippen MR) is 436 cm³/mol. The van der Waals surface area contributed by atoms with Crippen molar-refractivity contribution >= 4 is 35.8 Å². The van der Waals surface area contributed by atoms with Gasteiger partial charge in [0.05, 0.1) is 85.8 Å². The molecule has 21 nitrogen and oxygen atoms in total. The zero-order chi connectivity index (χ0) is 94.7. The fraction of sp³-hybridized carbons (Fsp3) is 0.489. The molecule has 6 aliphatic rings. The molecule has 9 unspecified atom stereocenters. The van der Waals surface area contributed by atoms with Gasteiger partial charge in [0.25, 0.3) is 0 Å². The van der Waals surface area contributed by atoms with Crippen LogP contribution in [-0.2, 0) is 66.0 Å². The van der Waals surface area contributed by atoms with Crippen LogP contribution >= 0.6 is 0 Å². The highest BCUT2D eigenvalue weighted by Crippen LogP contribution is 2.46. The Morgan fingerprint density at radius 1 is 0.357 bits per heavy atom. The third-order valence-electron chi connectivity index (χ3n) is 24.2. The summed E-state index contributed by atoms with van der Waals surface area (Å²) >= 11 is 0. The number of ether oxygens (including phenoxy) is 6. The Hall–Kier alpha value is -10.5. The smallest absolute Gasteiger partial charge is 0.430 e. The highest BCUT2D eigenvalue weighted by molar-refractivity contribution is 5.83. The molecule has 3 aliphatic heterocycles. The maximum atomic E-state index is 13.7. The molecule has 3 aliphatic carbocycles. The number of likely N-dealkylation sites (N-methyl/N-ethyl adjacent to an activating group) is 3. The van der Waals surface area contributed by atoms with E-state index in [2.05, 4.69) is 45.4 Å². The number of alkyl halides is 12. The van der Waals surface area contributed by atoms with Crippen molar-refractivity contribution in [2.75, 3.05) is 99.9 Å². The van der Waals surface area contributed by atoms with Gasteiger partial charge in [0.1, 0.15) is 54.9 Å². The number of carbonyl (C=O) groups excluding carboxylic acids is 6. The summed E-state index contributed by atoms with van der Waals surface area (Å²) in [7, 11) is 6.41. The fourth-order valence-electron chi connectivity index (χ4n) is 17.3. The lowest BCUT2D eigenvalue weighted by Gasteiger charge is -2.33. The molecule has 0 radical (unpaired) electrons. The van der Waals surface area contributed by atoms with Gasteiger partial charge in [-0.15, -0.1) is 0 Å². The SMILES string of the molecule is C[N+]1(CCCOc2ccc(-c3ccccc3)cc2)CCC(OC(=O)C(O)(c2ccccc2)C2CCCC2)C1.C[N+]1(CCCOc2ccc(F)cc2F)CCC(OC(=O)C(O)(c2ccccc2)C2CCCC2)C1.C[N+]1(CCCOc2cccc(C(F)(F)F)c2)CCC(OC(=O)C(O)(c2ccccc2)C2CCCC2)C1.O=C([O-])C(F)(F)F.O=C([O-])C(F)(F)F.O=C([O-])C(F)(F)F. The van der Waals surface area contributed by atoms with Crippen molar-refractivity contribution < 1.29 is 163 Å². The quantitative estimate of drug-likeness (QED) is 0.0135. The van der Waals surface area contributed by atoms with E-state index in [9.17, 15) is 91.2 Å². The van der Waals surface area contributed by atoms with E-state index in [0.717, 1.165) is 171 Å². The molecule has 0 spiro atoms. The largest absolute Gasteiger partial charge is 0.542 e. The maximum Gasteiger partial charge on any atom is 0.430 e. The molecular formula is C94H109F14N3O18. The Morgan fingerprint density at radius 3 is 0.961 bits per heavy atom. The van der Waals surface area contributed by atoms with Crippen LogP contribution in [0.25, 0.3) is 11.1 Å². The van der Waals surface area contributed by atoms with Crippen molar-refractivity contribution in [3.05, 3.63) is 222 Å². The Balaban J connectivity index is 0.000000214. The van der Waals surface area contributed by atoms with Crippen LogP contribution in [0.15, 0.2) is 188 Å². The minimum absolute atomic E-state index is 0.0457. The summed E-state index contributed by atoms with van der Waals surface area (Å²) < 4.78 is 197. The predicted octanol–water partition coefficient (Wildman–Crippen LogP) is 13.7. The minimum Gasteiger partial charge on any atom is -0.542 e. The second kappa shape index (κ2) is 46.4. The van der Waals surface area contributed by atoms with E-state index in [-0.39, 0.29) is 47.6 Å². The highest BCUT2D eigenvalue weighted by Gasteiger charge is 2.53. The van der Waals surface area contributed by atoms with Crippen molar-refractivity contribution in [2.24, 2.45) is 17.8 Å². The third-order valence-corrected chi connectivity index (χ3v) is 24.2. The second-order valence-electron chi connectivity index (χ2n) is 34.0. The number of hydrogen-bond acceptors (Lipinski definition) is 18. The maximum absolute atomic E-state index is 13.7. The second-order valence-corrected chi connectivity index (χ2v) is 34.0. The van der Waals surface area contributed by atoms with Crippen molar-refractivity contribution in [2.45, 2.75) is 175 Å². The van der Waals surface area contributed by atoms with Crippen molar-refractivity contribution in [1.29, 1.82) is 0 Å². The molecular weight excluding hydrogens is 1730 g/mol. The first-order valence-electron chi connectivity index (χ1n) is 42.7. The number of halogens is 14. The molecule has 35 heteroatoms. The Bertz CT molecular complexity index is 4640. The summed E-state index contributed by atoms with van der Waals surface area (Å²) in [6.07, 6.45) is -5.16. The van der Waals surface area contributed by atoms with Gasteiger partial charge in [0.15, 0.2) is 46.7 Å². The molecule has 129 heavy (non-hydrogen) atoms. The molecule has 706 valence electrons. The van der Waals surface area contributed by atoms with E-state index in [1.807, 2.05) is 97.1 Å². The molecule has 6 fully saturated rings. The molecule has 13 rings (SSSR count). The lowest BCUT2D eigenvalue weighted by atomic mass is 9.80. The molecule has 0 bridgehead atoms. The average Bonchev–Trinajstić information content (AvgIpc) is 1.75. The van der Waals surface area contributed by atoms with Gasteiger partial charge in [-0.25, -0.2) is 23.2 Å². The summed E-state index contributed by atoms with van der Waals surface area (Å²) in [5, 5.41) is 61.3. The van der Waals surface area contributed by atoms with Crippen molar-refractivity contribution in [3.8, 4) is 28.4 Å². The van der Waals surface area contributed by atoms with E-state index in [4.69, 9.17) is 58.1 Å². The van der Waals surface area contributed by atoms with Crippen LogP contribution in [0.2, 0.25) is 0 Å². The topological polar surface area (TPSA) is 288 Å². The van der Waals surface area contributed by atoms with Gasteiger partial charge in [-0.2, -0.15) is 52.7 Å². The number of nitrogens with zero attached hydrogens (tertiary/aromatic N) is 3. The number of carbonyl (C=O) groups is 6. The van der Waals surface area contributed by atoms with Gasteiger partial charge < -0.3 is 86.9 Å². The zero-order valence-corrected chi connectivity index (χ0v) is 71.7. The van der Waals surface area contributed by atoms with Crippen LogP contribution in [0.5, 0.6) is 17.2 Å². The molecule has 3 N–H and O–H groups in total. The van der Waals surface area contributed by atoms with Crippen LogP contribution in [0.3, 0.4) is 0 Å². The first-order valence-corrected chi connectivity index (χ1v) is 42.7. The van der Waals surface area contributed by atoms with E-state index in [1.54, 1.807) is 24.3 Å². The lowest BCUT2D eigenvalue weighted by molar-refractivity contribution is -0.899. The summed E-state index contributed by atoms with van der Waals surface area (Å²) in [5.74, 6) is -11.2. The fourth-order valence-corrected chi connectivity index (χ4v) is 17.3. The first kappa shape index (κ1) is 104. The van der Waals surface area contributed by atoms with Crippen LogP contribution < -0.4 is 29.5 Å². The van der Waals surface area contributed by atoms with Crippen LogP contribution in [0.4, 0.5) is 61.5 Å². The number of rotatable bonds is 28. The Kier molecular flexibility index (Phi) is 37.4. The summed E-state index contributed by atoms with van der Waals surface area (Å²) in [6.45, 7) is 8.43.